The van der Waals surface area contributed by atoms with Crippen LogP contribution in [0.3, 0.4) is 0 Å². The number of aliphatic hydroxyl groups is 1. The third-order valence-electron chi connectivity index (χ3n) is 2.40. The van der Waals surface area contributed by atoms with E-state index in [2.05, 4.69) is 22.7 Å². The summed E-state index contributed by atoms with van der Waals surface area (Å²) < 4.78 is 4.63. The Morgan fingerprint density at radius 2 is 2.00 bits per heavy atom. The van der Waals surface area contributed by atoms with E-state index in [-0.39, 0.29) is 0 Å². The summed E-state index contributed by atoms with van der Waals surface area (Å²) in [6.07, 6.45) is 0.564. The fourth-order valence-electron chi connectivity index (χ4n) is 1.41. The zero-order chi connectivity index (χ0) is 11.4. The fourth-order valence-corrected chi connectivity index (χ4v) is 1.41. The maximum absolute atomic E-state index is 9.13. The van der Waals surface area contributed by atoms with Gasteiger partial charge in [0.25, 0.3) is 6.41 Å². The molecule has 0 aliphatic heterocycles. The van der Waals surface area contributed by atoms with Crippen molar-refractivity contribution in [3.63, 3.8) is 0 Å². The van der Waals surface area contributed by atoms with Crippen LogP contribution in [0.4, 0.5) is 0 Å². The molecule has 3 heteroatoms. The Morgan fingerprint density at radius 3 is 2.60 bits per heavy atom. The summed E-state index contributed by atoms with van der Waals surface area (Å²) in [6, 6.07) is 4.16. The molecule has 15 heavy (non-hydrogen) atoms. The predicted molar refractivity (Wildman–Crippen MR) is 61.3 cm³/mol. The summed E-state index contributed by atoms with van der Waals surface area (Å²) in [5, 5.41) is 9.13. The highest BCUT2D eigenvalue weighted by Crippen LogP contribution is 2.14. The number of nitrogens with zero attached hydrogens (tertiary/aromatic N) is 1. The Bertz CT molecular complexity index is 372. The van der Waals surface area contributed by atoms with E-state index in [0.717, 1.165) is 5.56 Å². The van der Waals surface area contributed by atoms with Gasteiger partial charge in [0.1, 0.15) is 0 Å². The van der Waals surface area contributed by atoms with E-state index in [0.29, 0.717) is 0 Å². The number of benzene rings is 1. The summed E-state index contributed by atoms with van der Waals surface area (Å²) in [5.74, 6) is 0. The summed E-state index contributed by atoms with van der Waals surface area (Å²) in [6.45, 7) is 6.14. The Balaban J connectivity index is 2.99. The van der Waals surface area contributed by atoms with E-state index in [4.69, 9.17) is 5.11 Å². The quantitative estimate of drug-likeness (QED) is 0.608. The molecule has 0 unspecified atom stereocenters. The van der Waals surface area contributed by atoms with Gasteiger partial charge in [-0.3, -0.25) is 0 Å². The van der Waals surface area contributed by atoms with Crippen molar-refractivity contribution in [3.8, 4) is 0 Å². The first-order valence-corrected chi connectivity index (χ1v) is 4.86. The second-order valence-electron chi connectivity index (χ2n) is 3.64. The molecule has 0 aliphatic carbocycles. The van der Waals surface area contributed by atoms with Crippen LogP contribution in [0.2, 0.25) is 0 Å². The fraction of sp³-hybridized carbons (Fsp3) is 0.417. The Labute approximate surface area is 90.4 Å². The van der Waals surface area contributed by atoms with Gasteiger partial charge < -0.3 is 9.84 Å². The molecule has 1 aromatic rings. The number of aryl methyl sites for hydroxylation is 2. The molecule has 0 amide bonds. The Morgan fingerprint density at radius 1 is 1.33 bits per heavy atom. The summed E-state index contributed by atoms with van der Waals surface area (Å²) in [5.41, 5.74) is 4.60. The molecule has 0 aliphatic rings. The molecule has 0 spiro atoms. The van der Waals surface area contributed by atoms with Gasteiger partial charge in [0.15, 0.2) is 0 Å². The maximum Gasteiger partial charge on any atom is 0.255 e. The number of rotatable bonds is 3. The third-order valence-corrected chi connectivity index (χ3v) is 2.40. The zero-order valence-electron chi connectivity index (χ0n) is 9.61. The number of methoxy groups -OCH3 is 1. The minimum Gasteiger partial charge on any atom is -0.350 e. The summed E-state index contributed by atoms with van der Waals surface area (Å²) >= 11 is 0. The molecule has 0 saturated heterocycles. The van der Waals surface area contributed by atoms with Gasteiger partial charge in [-0.15, -0.1) is 0 Å². The topological polar surface area (TPSA) is 41.8 Å². The van der Waals surface area contributed by atoms with Gasteiger partial charge in [0, 0.05) is 13.3 Å². The van der Waals surface area contributed by atoms with Crippen molar-refractivity contribution in [2.45, 2.75) is 27.2 Å². The predicted octanol–water partition coefficient (Wildman–Crippen LogP) is 1.95. The van der Waals surface area contributed by atoms with Gasteiger partial charge in [-0.1, -0.05) is 17.7 Å². The maximum atomic E-state index is 9.13. The van der Waals surface area contributed by atoms with Gasteiger partial charge in [0.2, 0.25) is 0 Å². The standard InChI is InChI=1S/C12H17NO2/c1-8-5-9(2)10(3)11(6-8)7-13-12(14)15-4/h5-7,12,14H,1-4H3/b13-7-/t12-/m0/s1. The number of hydrogen-bond acceptors (Lipinski definition) is 3. The SMILES string of the molecule is CO[C@H](O)/N=C\c1cc(C)cc(C)c1C. The molecule has 0 bridgehead atoms. The minimum absolute atomic E-state index is 1.02. The molecule has 1 N–H and O–H groups in total. The van der Waals surface area contributed by atoms with Crippen LogP contribution in [-0.2, 0) is 4.74 Å². The average Bonchev–Trinajstić information content (AvgIpc) is 2.20. The molecule has 0 fully saturated rings. The number of aliphatic imine (C=N–C) groups is 1. The lowest BCUT2D eigenvalue weighted by Crippen LogP contribution is -2.05. The number of hydrogen-bond donors (Lipinski definition) is 1. The third kappa shape index (κ3) is 3.15. The second-order valence-corrected chi connectivity index (χ2v) is 3.64. The van der Waals surface area contributed by atoms with E-state index in [1.54, 1.807) is 6.21 Å². The first kappa shape index (κ1) is 11.9. The van der Waals surface area contributed by atoms with Crippen molar-refractivity contribution >= 4 is 6.21 Å². The normalized spacial score (nSPS) is 13.4. The number of aliphatic hydroxyl groups excluding tert-OH is 1. The van der Waals surface area contributed by atoms with Crippen molar-refractivity contribution in [3.05, 3.63) is 34.4 Å². The van der Waals surface area contributed by atoms with Gasteiger partial charge in [-0.25, -0.2) is 4.99 Å². The van der Waals surface area contributed by atoms with Crippen LogP contribution in [0.1, 0.15) is 22.3 Å². The van der Waals surface area contributed by atoms with Crippen molar-refractivity contribution < 1.29 is 9.84 Å². The molecule has 0 aromatic heterocycles. The van der Waals surface area contributed by atoms with Crippen LogP contribution < -0.4 is 0 Å². The highest BCUT2D eigenvalue weighted by atomic mass is 16.6. The van der Waals surface area contributed by atoms with Crippen LogP contribution in [-0.4, -0.2) is 24.8 Å². The largest absolute Gasteiger partial charge is 0.350 e. The van der Waals surface area contributed by atoms with Gasteiger partial charge in [-0.05, 0) is 37.5 Å². The van der Waals surface area contributed by atoms with Crippen molar-refractivity contribution in [2.75, 3.05) is 7.11 Å². The molecule has 3 nitrogen and oxygen atoms in total. The minimum atomic E-state index is -1.08. The summed E-state index contributed by atoms with van der Waals surface area (Å²) in [4.78, 5) is 3.86. The Kier molecular flexibility index (Phi) is 4.00. The van der Waals surface area contributed by atoms with Crippen molar-refractivity contribution in [1.82, 2.24) is 0 Å². The summed E-state index contributed by atoms with van der Waals surface area (Å²) in [7, 11) is 1.41. The molecular weight excluding hydrogens is 190 g/mol. The highest BCUT2D eigenvalue weighted by Gasteiger charge is 2.01. The second kappa shape index (κ2) is 5.05. The van der Waals surface area contributed by atoms with Crippen LogP contribution >= 0.6 is 0 Å². The van der Waals surface area contributed by atoms with Crippen LogP contribution in [0.15, 0.2) is 17.1 Å². The molecule has 82 valence electrons. The van der Waals surface area contributed by atoms with E-state index in [9.17, 15) is 0 Å². The van der Waals surface area contributed by atoms with Gasteiger partial charge in [0.05, 0.1) is 0 Å². The zero-order valence-corrected chi connectivity index (χ0v) is 9.61. The lowest BCUT2D eigenvalue weighted by molar-refractivity contribution is -0.0653. The first-order valence-electron chi connectivity index (χ1n) is 4.86. The van der Waals surface area contributed by atoms with E-state index < -0.39 is 6.41 Å². The van der Waals surface area contributed by atoms with Crippen LogP contribution in [0.5, 0.6) is 0 Å². The van der Waals surface area contributed by atoms with Crippen LogP contribution in [0, 0.1) is 20.8 Å². The molecule has 1 atom stereocenters. The molecule has 1 rings (SSSR count). The first-order chi connectivity index (χ1) is 7.04. The average molecular weight is 207 g/mol. The van der Waals surface area contributed by atoms with Crippen molar-refractivity contribution in [1.29, 1.82) is 0 Å². The van der Waals surface area contributed by atoms with E-state index >= 15 is 0 Å². The lowest BCUT2D eigenvalue weighted by Gasteiger charge is -2.07. The van der Waals surface area contributed by atoms with Crippen molar-refractivity contribution in [2.24, 2.45) is 4.99 Å². The molecule has 0 saturated carbocycles. The molecular formula is C12H17NO2. The smallest absolute Gasteiger partial charge is 0.255 e. The molecule has 0 radical (unpaired) electrons. The molecule has 0 heterocycles. The highest BCUT2D eigenvalue weighted by molar-refractivity contribution is 5.82. The monoisotopic (exact) mass is 207 g/mol. The van der Waals surface area contributed by atoms with E-state index in [1.165, 1.54) is 23.8 Å². The van der Waals surface area contributed by atoms with Crippen LogP contribution in [0.25, 0.3) is 0 Å². The Hall–Kier alpha value is -1.19. The van der Waals surface area contributed by atoms with Gasteiger partial charge >= 0.3 is 0 Å². The molecule has 1 aromatic carbocycles. The number of ether oxygens (including phenoxy) is 1. The lowest BCUT2D eigenvalue weighted by atomic mass is 10.0. The van der Waals surface area contributed by atoms with Gasteiger partial charge in [-0.2, -0.15) is 0 Å². The van der Waals surface area contributed by atoms with E-state index in [1.807, 2.05) is 19.9 Å².